The van der Waals surface area contributed by atoms with Gasteiger partial charge in [-0.05, 0) is 68.1 Å². The first-order valence-electron chi connectivity index (χ1n) is 9.40. The summed E-state index contributed by atoms with van der Waals surface area (Å²) in [5.41, 5.74) is 3.40. The van der Waals surface area contributed by atoms with Gasteiger partial charge in [0.25, 0.3) is 11.8 Å². The Morgan fingerprint density at radius 1 is 1.07 bits per heavy atom. The summed E-state index contributed by atoms with van der Waals surface area (Å²) >= 11 is 6.04. The maximum absolute atomic E-state index is 12.9. The SMILES string of the molecule is COc1ccc(Cl)cc1C(=O)N1CCC(NC(=O)c2ccc(C)c(C)c2)CC1. The molecule has 1 saturated heterocycles. The van der Waals surface area contributed by atoms with Gasteiger partial charge in [-0.15, -0.1) is 0 Å². The highest BCUT2D eigenvalue weighted by molar-refractivity contribution is 6.31. The largest absolute Gasteiger partial charge is 0.496 e. The average Bonchev–Trinajstić information content (AvgIpc) is 2.70. The van der Waals surface area contributed by atoms with Crippen molar-refractivity contribution in [1.29, 1.82) is 0 Å². The van der Waals surface area contributed by atoms with Crippen molar-refractivity contribution in [2.45, 2.75) is 32.7 Å². The van der Waals surface area contributed by atoms with E-state index in [0.29, 0.717) is 47.8 Å². The van der Waals surface area contributed by atoms with Gasteiger partial charge in [-0.3, -0.25) is 9.59 Å². The van der Waals surface area contributed by atoms with Crippen LogP contribution in [0.1, 0.15) is 44.7 Å². The Kier molecular flexibility index (Phi) is 6.25. The van der Waals surface area contributed by atoms with Gasteiger partial charge in [0.15, 0.2) is 0 Å². The highest BCUT2D eigenvalue weighted by Gasteiger charge is 2.26. The minimum atomic E-state index is -0.0988. The lowest BCUT2D eigenvalue weighted by molar-refractivity contribution is 0.0695. The van der Waals surface area contributed by atoms with E-state index in [1.165, 1.54) is 12.7 Å². The molecular weight excluding hydrogens is 376 g/mol. The highest BCUT2D eigenvalue weighted by atomic mass is 35.5. The molecule has 0 radical (unpaired) electrons. The molecule has 0 aromatic heterocycles. The Bertz CT molecular complexity index is 889. The molecular formula is C22H25ClN2O3. The number of halogens is 1. The molecule has 1 aliphatic heterocycles. The van der Waals surface area contributed by atoms with Gasteiger partial charge in [0.05, 0.1) is 12.7 Å². The summed E-state index contributed by atoms with van der Waals surface area (Å²) < 4.78 is 5.29. The second-order valence-corrected chi connectivity index (χ2v) is 7.62. The Hall–Kier alpha value is -2.53. The van der Waals surface area contributed by atoms with E-state index in [9.17, 15) is 9.59 Å². The van der Waals surface area contributed by atoms with Crippen LogP contribution in [0.25, 0.3) is 0 Å². The molecule has 6 heteroatoms. The zero-order valence-corrected chi connectivity index (χ0v) is 17.2. The monoisotopic (exact) mass is 400 g/mol. The highest BCUT2D eigenvalue weighted by Crippen LogP contribution is 2.25. The van der Waals surface area contributed by atoms with Crippen molar-refractivity contribution in [3.63, 3.8) is 0 Å². The summed E-state index contributed by atoms with van der Waals surface area (Å²) in [5.74, 6) is 0.349. The number of hydrogen-bond acceptors (Lipinski definition) is 3. The Balaban J connectivity index is 1.60. The van der Waals surface area contributed by atoms with Crippen molar-refractivity contribution in [3.8, 4) is 5.75 Å². The number of methoxy groups -OCH3 is 1. The van der Waals surface area contributed by atoms with Crippen LogP contribution >= 0.6 is 11.6 Å². The lowest BCUT2D eigenvalue weighted by Crippen LogP contribution is -2.46. The molecule has 0 spiro atoms. The number of amides is 2. The van der Waals surface area contributed by atoms with Crippen LogP contribution < -0.4 is 10.1 Å². The summed E-state index contributed by atoms with van der Waals surface area (Å²) in [6, 6.07) is 10.8. The van der Waals surface area contributed by atoms with Crippen molar-refractivity contribution in [1.82, 2.24) is 10.2 Å². The van der Waals surface area contributed by atoms with Gasteiger partial charge in [-0.25, -0.2) is 0 Å². The van der Waals surface area contributed by atoms with Crippen LogP contribution in [0.2, 0.25) is 5.02 Å². The molecule has 0 bridgehead atoms. The predicted molar refractivity (Wildman–Crippen MR) is 110 cm³/mol. The number of rotatable bonds is 4. The van der Waals surface area contributed by atoms with Crippen LogP contribution in [0.4, 0.5) is 0 Å². The molecule has 1 N–H and O–H groups in total. The molecule has 3 rings (SSSR count). The van der Waals surface area contributed by atoms with Crippen LogP contribution in [0.15, 0.2) is 36.4 Å². The van der Waals surface area contributed by atoms with E-state index in [0.717, 1.165) is 5.56 Å². The van der Waals surface area contributed by atoms with Crippen LogP contribution in [0, 0.1) is 13.8 Å². The van der Waals surface area contributed by atoms with Crippen molar-refractivity contribution in [3.05, 3.63) is 63.7 Å². The van der Waals surface area contributed by atoms with E-state index in [4.69, 9.17) is 16.3 Å². The molecule has 148 valence electrons. The minimum absolute atomic E-state index is 0.0550. The predicted octanol–water partition coefficient (Wildman–Crippen LogP) is 4.00. The second-order valence-electron chi connectivity index (χ2n) is 7.18. The number of nitrogens with one attached hydrogen (secondary N) is 1. The second kappa shape index (κ2) is 8.65. The zero-order valence-electron chi connectivity index (χ0n) is 16.4. The average molecular weight is 401 g/mol. The van der Waals surface area contributed by atoms with E-state index < -0.39 is 0 Å². The third-order valence-corrected chi connectivity index (χ3v) is 5.51. The Labute approximate surface area is 170 Å². The molecule has 2 aromatic carbocycles. The van der Waals surface area contributed by atoms with Crippen LogP contribution in [0.5, 0.6) is 5.75 Å². The zero-order chi connectivity index (χ0) is 20.3. The number of benzene rings is 2. The van der Waals surface area contributed by atoms with Crippen LogP contribution in [0.3, 0.4) is 0 Å². The first-order chi connectivity index (χ1) is 13.4. The standard InChI is InChI=1S/C22H25ClN2O3/c1-14-4-5-16(12-15(14)2)21(26)24-18-8-10-25(11-9-18)22(27)19-13-17(23)6-7-20(19)28-3/h4-7,12-13,18H,8-11H2,1-3H3,(H,24,26). The van der Waals surface area contributed by atoms with Crippen molar-refractivity contribution in [2.75, 3.05) is 20.2 Å². The molecule has 0 unspecified atom stereocenters. The molecule has 2 amide bonds. The number of ether oxygens (including phenoxy) is 1. The number of piperidine rings is 1. The van der Waals surface area contributed by atoms with Gasteiger partial charge in [0.2, 0.25) is 0 Å². The fourth-order valence-electron chi connectivity index (χ4n) is 3.40. The summed E-state index contributed by atoms with van der Waals surface area (Å²) in [5, 5.41) is 3.59. The van der Waals surface area contributed by atoms with Gasteiger partial charge < -0.3 is 15.0 Å². The number of carbonyl (C=O) groups is 2. The summed E-state index contributed by atoms with van der Waals surface area (Å²) in [4.78, 5) is 27.1. The number of nitrogens with zero attached hydrogens (tertiary/aromatic N) is 1. The van der Waals surface area contributed by atoms with Crippen LogP contribution in [-0.2, 0) is 0 Å². The van der Waals surface area contributed by atoms with Crippen LogP contribution in [-0.4, -0.2) is 43.0 Å². The number of hydrogen-bond donors (Lipinski definition) is 1. The van der Waals surface area contributed by atoms with E-state index in [1.54, 1.807) is 23.1 Å². The maximum atomic E-state index is 12.9. The summed E-state index contributed by atoms with van der Waals surface area (Å²) in [7, 11) is 1.54. The fraction of sp³-hybridized carbons (Fsp3) is 0.364. The van der Waals surface area contributed by atoms with Gasteiger partial charge in [0.1, 0.15) is 5.75 Å². The minimum Gasteiger partial charge on any atom is -0.496 e. The molecule has 0 saturated carbocycles. The van der Waals surface area contributed by atoms with Gasteiger partial charge in [-0.2, -0.15) is 0 Å². The molecule has 1 fully saturated rings. The Morgan fingerprint density at radius 2 is 1.79 bits per heavy atom. The van der Waals surface area contributed by atoms with E-state index in [1.807, 2.05) is 32.0 Å². The van der Waals surface area contributed by atoms with E-state index in [-0.39, 0.29) is 17.9 Å². The number of carbonyl (C=O) groups excluding carboxylic acids is 2. The van der Waals surface area contributed by atoms with Crippen molar-refractivity contribution < 1.29 is 14.3 Å². The Morgan fingerprint density at radius 3 is 2.43 bits per heavy atom. The van der Waals surface area contributed by atoms with Gasteiger partial charge >= 0.3 is 0 Å². The topological polar surface area (TPSA) is 58.6 Å². The summed E-state index contributed by atoms with van der Waals surface area (Å²) in [6.45, 7) is 5.18. The molecule has 2 aromatic rings. The van der Waals surface area contributed by atoms with Crippen molar-refractivity contribution in [2.24, 2.45) is 0 Å². The lowest BCUT2D eigenvalue weighted by Gasteiger charge is -2.32. The van der Waals surface area contributed by atoms with Gasteiger partial charge in [0, 0.05) is 29.7 Å². The molecule has 0 atom stereocenters. The van der Waals surface area contributed by atoms with Crippen molar-refractivity contribution >= 4 is 23.4 Å². The lowest BCUT2D eigenvalue weighted by atomic mass is 10.0. The fourth-order valence-corrected chi connectivity index (χ4v) is 3.57. The maximum Gasteiger partial charge on any atom is 0.257 e. The first-order valence-corrected chi connectivity index (χ1v) is 9.77. The number of likely N-dealkylation sites (tertiary alicyclic amines) is 1. The first kappa shape index (κ1) is 20.2. The summed E-state index contributed by atoms with van der Waals surface area (Å²) in [6.07, 6.45) is 1.43. The normalized spacial score (nSPS) is 14.6. The van der Waals surface area contributed by atoms with E-state index in [2.05, 4.69) is 5.32 Å². The third-order valence-electron chi connectivity index (χ3n) is 5.28. The quantitative estimate of drug-likeness (QED) is 0.843. The molecule has 5 nitrogen and oxygen atoms in total. The smallest absolute Gasteiger partial charge is 0.257 e. The number of aryl methyl sites for hydroxylation is 2. The molecule has 28 heavy (non-hydrogen) atoms. The molecule has 0 aliphatic carbocycles. The van der Waals surface area contributed by atoms with Gasteiger partial charge in [-0.1, -0.05) is 17.7 Å². The van der Waals surface area contributed by atoms with E-state index >= 15 is 0 Å². The third kappa shape index (κ3) is 4.47. The molecule has 1 aliphatic rings. The molecule has 1 heterocycles.